The number of esters is 1. The molecule has 4 nitrogen and oxygen atoms in total. The number of methoxy groups -OCH3 is 1. The Kier molecular flexibility index (Phi) is 4.80. The highest BCUT2D eigenvalue weighted by Crippen LogP contribution is 2.33. The van der Waals surface area contributed by atoms with Gasteiger partial charge >= 0.3 is 5.97 Å². The molecule has 0 saturated carbocycles. The van der Waals surface area contributed by atoms with Crippen molar-refractivity contribution >= 4 is 21.9 Å². The molecule has 0 aromatic carbocycles. The Hall–Kier alpha value is -1.24. The molecule has 0 aliphatic heterocycles. The van der Waals surface area contributed by atoms with Crippen LogP contribution in [0, 0.1) is 0 Å². The lowest BCUT2D eigenvalue weighted by Crippen LogP contribution is -2.12. The highest BCUT2D eigenvalue weighted by atomic mass is 79.9. The van der Waals surface area contributed by atoms with Crippen molar-refractivity contribution in [2.24, 2.45) is 0 Å². The van der Waals surface area contributed by atoms with Gasteiger partial charge in [0.25, 0.3) is 6.43 Å². The van der Waals surface area contributed by atoms with Crippen molar-refractivity contribution in [1.82, 2.24) is 4.98 Å². The Labute approximate surface area is 105 Å². The molecule has 0 aliphatic rings. The normalized spacial score (nSPS) is 10.5. The van der Waals surface area contributed by atoms with Crippen LogP contribution in [-0.4, -0.2) is 24.7 Å². The Bertz CT molecular complexity index is 426. The van der Waals surface area contributed by atoms with E-state index in [0.29, 0.717) is 0 Å². The smallest absolute Gasteiger partial charge is 0.341 e. The van der Waals surface area contributed by atoms with Crippen LogP contribution in [0.4, 0.5) is 8.78 Å². The zero-order valence-electron chi connectivity index (χ0n) is 9.17. The van der Waals surface area contributed by atoms with E-state index in [2.05, 4.69) is 20.9 Å². The summed E-state index contributed by atoms with van der Waals surface area (Å²) in [5.41, 5.74) is -0.933. The summed E-state index contributed by atoms with van der Waals surface area (Å²) >= 11 is 3.03. The molecule has 0 N–H and O–H groups in total. The van der Waals surface area contributed by atoms with Gasteiger partial charge in [0.05, 0.1) is 24.4 Å². The van der Waals surface area contributed by atoms with Gasteiger partial charge in [-0.15, -0.1) is 0 Å². The molecule has 0 atom stereocenters. The van der Waals surface area contributed by atoms with Crippen LogP contribution < -0.4 is 4.74 Å². The molecule has 7 heteroatoms. The Morgan fingerprint density at radius 3 is 2.71 bits per heavy atom. The Morgan fingerprint density at radius 1 is 1.59 bits per heavy atom. The first-order valence-electron chi connectivity index (χ1n) is 4.70. The van der Waals surface area contributed by atoms with Gasteiger partial charge in [0.1, 0.15) is 11.3 Å². The summed E-state index contributed by atoms with van der Waals surface area (Å²) in [6.07, 6.45) is -1.74. The van der Waals surface area contributed by atoms with E-state index in [1.54, 1.807) is 6.92 Å². The summed E-state index contributed by atoms with van der Waals surface area (Å²) in [5.74, 6) is -0.668. The number of pyridine rings is 1. The maximum absolute atomic E-state index is 12.7. The van der Waals surface area contributed by atoms with Gasteiger partial charge in [-0.25, -0.2) is 13.6 Å². The first-order chi connectivity index (χ1) is 8.02. The number of rotatable bonds is 4. The second-order valence-corrected chi connectivity index (χ2v) is 3.71. The minimum atomic E-state index is -2.86. The third kappa shape index (κ3) is 2.91. The molecule has 0 unspecified atom stereocenters. The van der Waals surface area contributed by atoms with Crippen molar-refractivity contribution in [3.05, 3.63) is 21.9 Å². The lowest BCUT2D eigenvalue weighted by molar-refractivity contribution is 0.0511. The molecule has 0 spiro atoms. The number of carbonyl (C=O) groups excluding carboxylic acids is 1. The molecular weight excluding hydrogens is 300 g/mol. The zero-order chi connectivity index (χ0) is 13.0. The molecule has 0 saturated heterocycles. The van der Waals surface area contributed by atoms with Crippen LogP contribution in [0.5, 0.6) is 5.75 Å². The van der Waals surface area contributed by atoms with E-state index in [4.69, 9.17) is 9.47 Å². The third-order valence-electron chi connectivity index (χ3n) is 1.92. The Morgan fingerprint density at radius 2 is 2.24 bits per heavy atom. The standard InChI is InChI=1S/C10H10BrF2NO3/c1-3-17-10(15)6-7(11)5(16-2)4-14-8(6)9(12)13/h4,9H,3H2,1-2H3. The van der Waals surface area contributed by atoms with E-state index in [1.165, 1.54) is 7.11 Å². The van der Waals surface area contributed by atoms with E-state index in [1.807, 2.05) is 0 Å². The van der Waals surface area contributed by atoms with Crippen molar-refractivity contribution in [2.75, 3.05) is 13.7 Å². The van der Waals surface area contributed by atoms with E-state index in [0.717, 1.165) is 6.20 Å². The van der Waals surface area contributed by atoms with Crippen LogP contribution in [-0.2, 0) is 4.74 Å². The second-order valence-electron chi connectivity index (χ2n) is 2.92. The van der Waals surface area contributed by atoms with Crippen LogP contribution in [0.1, 0.15) is 29.4 Å². The fourth-order valence-electron chi connectivity index (χ4n) is 1.19. The first-order valence-corrected chi connectivity index (χ1v) is 5.49. The number of hydrogen-bond acceptors (Lipinski definition) is 4. The van der Waals surface area contributed by atoms with Gasteiger partial charge in [0.15, 0.2) is 5.75 Å². The van der Waals surface area contributed by atoms with Crippen LogP contribution in [0.3, 0.4) is 0 Å². The predicted octanol–water partition coefficient (Wildman–Crippen LogP) is 2.97. The fraction of sp³-hybridized carbons (Fsp3) is 0.400. The molecule has 17 heavy (non-hydrogen) atoms. The van der Waals surface area contributed by atoms with Crippen molar-refractivity contribution in [1.29, 1.82) is 0 Å². The van der Waals surface area contributed by atoms with Gasteiger partial charge in [-0.2, -0.15) is 0 Å². The minimum absolute atomic E-state index is 0.0885. The maximum atomic E-state index is 12.7. The molecule has 1 aromatic heterocycles. The first kappa shape index (κ1) is 13.8. The third-order valence-corrected chi connectivity index (χ3v) is 2.71. The van der Waals surface area contributed by atoms with Crippen LogP contribution in [0.25, 0.3) is 0 Å². The summed E-state index contributed by atoms with van der Waals surface area (Å²) < 4.78 is 35.1. The van der Waals surface area contributed by atoms with Crippen LogP contribution in [0.2, 0.25) is 0 Å². The van der Waals surface area contributed by atoms with E-state index >= 15 is 0 Å². The van der Waals surface area contributed by atoms with Crippen molar-refractivity contribution < 1.29 is 23.0 Å². The largest absolute Gasteiger partial charge is 0.494 e. The molecule has 1 aromatic rings. The fourth-order valence-corrected chi connectivity index (χ4v) is 1.82. The van der Waals surface area contributed by atoms with Gasteiger partial charge in [-0.05, 0) is 22.9 Å². The lowest BCUT2D eigenvalue weighted by atomic mass is 10.2. The molecule has 0 amide bonds. The monoisotopic (exact) mass is 309 g/mol. The van der Waals surface area contributed by atoms with E-state index < -0.39 is 18.1 Å². The van der Waals surface area contributed by atoms with Crippen molar-refractivity contribution in [2.45, 2.75) is 13.3 Å². The second kappa shape index (κ2) is 5.90. The van der Waals surface area contributed by atoms with Gasteiger partial charge in [0, 0.05) is 0 Å². The number of alkyl halides is 2. The number of ether oxygens (including phenoxy) is 2. The van der Waals surface area contributed by atoms with Gasteiger partial charge in [-0.1, -0.05) is 0 Å². The molecule has 1 heterocycles. The van der Waals surface area contributed by atoms with Crippen molar-refractivity contribution in [3.8, 4) is 5.75 Å². The van der Waals surface area contributed by atoms with Gasteiger partial charge < -0.3 is 9.47 Å². The quantitative estimate of drug-likeness (QED) is 0.802. The summed E-state index contributed by atoms with van der Waals surface area (Å²) in [5, 5.41) is 0. The zero-order valence-corrected chi connectivity index (χ0v) is 10.8. The summed E-state index contributed by atoms with van der Waals surface area (Å²) in [6, 6.07) is 0. The highest BCUT2D eigenvalue weighted by molar-refractivity contribution is 9.10. The average molecular weight is 310 g/mol. The van der Waals surface area contributed by atoms with Gasteiger partial charge in [0.2, 0.25) is 0 Å². The number of carbonyl (C=O) groups is 1. The molecular formula is C10H10BrF2NO3. The topological polar surface area (TPSA) is 48.4 Å². The molecule has 0 radical (unpaired) electrons. The molecule has 94 valence electrons. The molecule has 0 aliphatic carbocycles. The molecule has 1 rings (SSSR count). The summed E-state index contributed by atoms with van der Waals surface area (Å²) in [4.78, 5) is 15.1. The minimum Gasteiger partial charge on any atom is -0.494 e. The highest BCUT2D eigenvalue weighted by Gasteiger charge is 2.26. The lowest BCUT2D eigenvalue weighted by Gasteiger charge is -2.11. The van der Waals surface area contributed by atoms with Gasteiger partial charge in [-0.3, -0.25) is 4.98 Å². The maximum Gasteiger partial charge on any atom is 0.341 e. The SMILES string of the molecule is CCOC(=O)c1c(C(F)F)ncc(OC)c1Br. The predicted molar refractivity (Wildman–Crippen MR) is 59.4 cm³/mol. The number of nitrogens with zero attached hydrogens (tertiary/aromatic N) is 1. The molecule has 0 bridgehead atoms. The number of aromatic nitrogens is 1. The number of halogens is 3. The summed E-state index contributed by atoms with van der Waals surface area (Å²) in [7, 11) is 1.35. The average Bonchev–Trinajstić information content (AvgIpc) is 2.28. The molecule has 0 fully saturated rings. The van der Waals surface area contributed by atoms with Crippen LogP contribution >= 0.6 is 15.9 Å². The van der Waals surface area contributed by atoms with E-state index in [-0.39, 0.29) is 22.4 Å². The van der Waals surface area contributed by atoms with Crippen LogP contribution in [0.15, 0.2) is 10.7 Å². The van der Waals surface area contributed by atoms with E-state index in [9.17, 15) is 13.6 Å². The number of hydrogen-bond donors (Lipinski definition) is 0. The van der Waals surface area contributed by atoms with Crippen molar-refractivity contribution in [3.63, 3.8) is 0 Å². The summed E-state index contributed by atoms with van der Waals surface area (Å²) in [6.45, 7) is 1.67. The Balaban J connectivity index is 3.34.